The second-order valence-corrected chi connectivity index (χ2v) is 9.02. The molecular weight excluding hydrogens is 316 g/mol. The quantitative estimate of drug-likeness (QED) is 0.585. The predicted molar refractivity (Wildman–Crippen MR) is 89.6 cm³/mol. The van der Waals surface area contributed by atoms with Gasteiger partial charge in [0.1, 0.15) is 17.6 Å². The highest BCUT2D eigenvalue weighted by molar-refractivity contribution is 8.77. The van der Waals surface area contributed by atoms with E-state index in [1.165, 1.54) is 0 Å². The first-order valence-corrected chi connectivity index (χ1v) is 10.3. The molecule has 3 nitrogen and oxygen atoms in total. The van der Waals surface area contributed by atoms with Crippen molar-refractivity contribution in [2.24, 2.45) is 11.8 Å². The zero-order valence-electron chi connectivity index (χ0n) is 12.6. The summed E-state index contributed by atoms with van der Waals surface area (Å²) in [7, 11) is 3.71. The van der Waals surface area contributed by atoms with Crippen LogP contribution >= 0.6 is 21.6 Å². The molecule has 0 radical (unpaired) electrons. The average Bonchev–Trinajstić information content (AvgIpc) is 2.92. The zero-order valence-corrected chi connectivity index (χ0v) is 14.2. The van der Waals surface area contributed by atoms with E-state index in [1.807, 2.05) is 39.8 Å². The molecule has 2 saturated carbocycles. The summed E-state index contributed by atoms with van der Waals surface area (Å²) in [6.07, 6.45) is 2.04. The van der Waals surface area contributed by atoms with Gasteiger partial charge in [-0.1, -0.05) is 58.8 Å². The maximum absolute atomic E-state index is 12.3. The minimum Gasteiger partial charge on any atom is -0.459 e. The molecule has 1 aromatic carbocycles. The molecule has 3 fully saturated rings. The van der Waals surface area contributed by atoms with E-state index in [4.69, 9.17) is 9.47 Å². The highest BCUT2D eigenvalue weighted by Gasteiger charge is 2.77. The first-order chi connectivity index (χ1) is 10.8. The van der Waals surface area contributed by atoms with Crippen LogP contribution in [0.5, 0.6) is 0 Å². The van der Waals surface area contributed by atoms with Gasteiger partial charge in [0.2, 0.25) is 0 Å². The van der Waals surface area contributed by atoms with Crippen LogP contribution < -0.4 is 0 Å². The van der Waals surface area contributed by atoms with Crippen molar-refractivity contribution < 1.29 is 14.3 Å². The topological polar surface area (TPSA) is 35.5 Å². The van der Waals surface area contributed by atoms with Gasteiger partial charge in [0, 0.05) is 16.9 Å². The molecule has 1 aliphatic heterocycles. The Labute approximate surface area is 138 Å². The Morgan fingerprint density at radius 1 is 1.32 bits per heavy atom. The van der Waals surface area contributed by atoms with Crippen molar-refractivity contribution in [2.75, 3.05) is 5.75 Å². The third-order valence-electron chi connectivity index (χ3n) is 5.17. The standard InChI is InChI=1S/C17H20O3S2/c1-2-21-22-15-12-8-9-13-17(12,14(15)16(18)20-13)19-10-11-6-4-3-5-7-11/h3-7,12-15H,2,8-10H2,1H3/t12-,13-,14-,15-,17-/m0/s1. The van der Waals surface area contributed by atoms with Crippen molar-refractivity contribution in [1.82, 2.24) is 0 Å². The van der Waals surface area contributed by atoms with Gasteiger partial charge in [-0.25, -0.2) is 0 Å². The molecule has 22 heavy (non-hydrogen) atoms. The summed E-state index contributed by atoms with van der Waals surface area (Å²) in [6.45, 7) is 2.72. The SMILES string of the molecule is CCSS[C@@H]1[C@H]2C(=O)O[C@H]3CC[C@@H]1[C@]32OCc1ccccc1. The second kappa shape index (κ2) is 5.77. The molecule has 0 spiro atoms. The van der Waals surface area contributed by atoms with Gasteiger partial charge in [-0.3, -0.25) is 4.79 Å². The Hall–Kier alpha value is -0.650. The van der Waals surface area contributed by atoms with Crippen molar-refractivity contribution >= 4 is 27.6 Å². The minimum absolute atomic E-state index is 0.0258. The number of carbonyl (C=O) groups excluding carboxylic acids is 1. The monoisotopic (exact) mass is 336 g/mol. The summed E-state index contributed by atoms with van der Waals surface area (Å²) in [5, 5.41) is 0.362. The molecule has 1 heterocycles. The lowest BCUT2D eigenvalue weighted by atomic mass is 9.62. The summed E-state index contributed by atoms with van der Waals surface area (Å²) in [4.78, 5) is 12.3. The van der Waals surface area contributed by atoms with E-state index in [0.717, 1.165) is 24.2 Å². The first-order valence-electron chi connectivity index (χ1n) is 7.94. The summed E-state index contributed by atoms with van der Waals surface area (Å²) in [6, 6.07) is 10.2. The minimum atomic E-state index is -0.348. The Morgan fingerprint density at radius 3 is 2.91 bits per heavy atom. The second-order valence-electron chi connectivity index (χ2n) is 6.18. The molecule has 5 heteroatoms. The van der Waals surface area contributed by atoms with Crippen LogP contribution in [0.4, 0.5) is 0 Å². The van der Waals surface area contributed by atoms with Crippen LogP contribution in [-0.4, -0.2) is 28.7 Å². The van der Waals surface area contributed by atoms with Gasteiger partial charge in [-0.2, -0.15) is 0 Å². The van der Waals surface area contributed by atoms with Gasteiger partial charge < -0.3 is 9.47 Å². The predicted octanol–water partition coefficient (Wildman–Crippen LogP) is 3.68. The summed E-state index contributed by atoms with van der Waals surface area (Å²) in [5.41, 5.74) is 0.812. The molecule has 0 amide bonds. The first kappa shape index (κ1) is 14.9. The Morgan fingerprint density at radius 2 is 2.14 bits per heavy atom. The molecule has 0 aromatic heterocycles. The number of esters is 1. The highest BCUT2D eigenvalue weighted by atomic mass is 33.1. The van der Waals surface area contributed by atoms with E-state index in [1.54, 1.807) is 0 Å². The van der Waals surface area contributed by atoms with Crippen LogP contribution in [0.2, 0.25) is 0 Å². The molecule has 0 unspecified atom stereocenters. The number of benzene rings is 1. The van der Waals surface area contributed by atoms with E-state index in [2.05, 4.69) is 19.1 Å². The lowest BCUT2D eigenvalue weighted by Crippen LogP contribution is -2.65. The summed E-state index contributed by atoms with van der Waals surface area (Å²) >= 11 is 0. The van der Waals surface area contributed by atoms with E-state index in [-0.39, 0.29) is 23.6 Å². The fourth-order valence-electron chi connectivity index (χ4n) is 4.27. The van der Waals surface area contributed by atoms with Crippen LogP contribution in [0, 0.1) is 11.8 Å². The van der Waals surface area contributed by atoms with Crippen molar-refractivity contribution in [2.45, 2.75) is 43.3 Å². The lowest BCUT2D eigenvalue weighted by molar-refractivity contribution is -0.174. The molecular formula is C17H20O3S2. The van der Waals surface area contributed by atoms with E-state index >= 15 is 0 Å². The highest BCUT2D eigenvalue weighted by Crippen LogP contribution is 2.66. The van der Waals surface area contributed by atoms with Gasteiger partial charge in [-0.15, -0.1) is 0 Å². The van der Waals surface area contributed by atoms with Crippen LogP contribution in [0.25, 0.3) is 0 Å². The molecule has 3 aliphatic rings. The smallest absolute Gasteiger partial charge is 0.313 e. The Bertz CT molecular complexity index is 564. The zero-order chi connectivity index (χ0) is 15.2. The Kier molecular flexibility index (Phi) is 3.91. The van der Waals surface area contributed by atoms with Crippen molar-refractivity contribution in [3.63, 3.8) is 0 Å². The van der Waals surface area contributed by atoms with Crippen molar-refractivity contribution in [1.29, 1.82) is 0 Å². The number of hydrogen-bond donors (Lipinski definition) is 0. The molecule has 118 valence electrons. The maximum atomic E-state index is 12.3. The van der Waals surface area contributed by atoms with Gasteiger partial charge in [0.25, 0.3) is 0 Å². The largest absolute Gasteiger partial charge is 0.459 e. The average molecular weight is 336 g/mol. The third kappa shape index (κ3) is 2.05. The van der Waals surface area contributed by atoms with Crippen molar-refractivity contribution in [3.8, 4) is 0 Å². The van der Waals surface area contributed by atoms with Gasteiger partial charge in [-0.05, 0) is 18.4 Å². The molecule has 0 bridgehead atoms. The fourth-order valence-corrected chi connectivity index (χ4v) is 7.09. The van der Waals surface area contributed by atoms with Gasteiger partial charge in [0.15, 0.2) is 0 Å². The number of hydrogen-bond acceptors (Lipinski definition) is 5. The number of carbonyl (C=O) groups is 1. The van der Waals surface area contributed by atoms with Crippen molar-refractivity contribution in [3.05, 3.63) is 35.9 Å². The fraction of sp³-hybridized carbons (Fsp3) is 0.588. The van der Waals surface area contributed by atoms with E-state index < -0.39 is 0 Å². The number of rotatable bonds is 6. The molecule has 0 N–H and O–H groups in total. The Balaban J connectivity index is 1.53. The van der Waals surface area contributed by atoms with Gasteiger partial charge >= 0.3 is 5.97 Å². The van der Waals surface area contributed by atoms with Crippen LogP contribution in [0.15, 0.2) is 30.3 Å². The van der Waals surface area contributed by atoms with Crippen LogP contribution in [-0.2, 0) is 20.9 Å². The molecule has 1 aromatic rings. The summed E-state index contributed by atoms with van der Waals surface area (Å²) < 4.78 is 12.0. The molecule has 5 atom stereocenters. The summed E-state index contributed by atoms with van der Waals surface area (Å²) in [5.74, 6) is 1.42. The lowest BCUT2D eigenvalue weighted by Gasteiger charge is -2.52. The third-order valence-corrected chi connectivity index (χ3v) is 8.15. The molecule has 1 saturated heterocycles. The maximum Gasteiger partial charge on any atom is 0.313 e. The van der Waals surface area contributed by atoms with E-state index in [0.29, 0.717) is 17.8 Å². The normalized spacial score (nSPS) is 38.5. The number of ether oxygens (including phenoxy) is 2. The van der Waals surface area contributed by atoms with Gasteiger partial charge in [0.05, 0.1) is 6.61 Å². The molecule has 2 aliphatic carbocycles. The van der Waals surface area contributed by atoms with E-state index in [9.17, 15) is 4.79 Å². The van der Waals surface area contributed by atoms with Crippen LogP contribution in [0.3, 0.4) is 0 Å². The molecule has 4 rings (SSSR count). The van der Waals surface area contributed by atoms with Crippen LogP contribution in [0.1, 0.15) is 25.3 Å².